The van der Waals surface area contributed by atoms with Crippen LogP contribution in [0, 0.1) is 5.82 Å². The van der Waals surface area contributed by atoms with Gasteiger partial charge in [-0.3, -0.25) is 20.7 Å². The Labute approximate surface area is 161 Å². The summed E-state index contributed by atoms with van der Waals surface area (Å²) in [5.74, 6) is 0.373. The molecule has 0 saturated heterocycles. The van der Waals surface area contributed by atoms with Crippen LogP contribution in [0.2, 0.25) is 0 Å². The summed E-state index contributed by atoms with van der Waals surface area (Å²) in [5, 5.41) is 6.73. The number of hydrazine groups is 1. The molecule has 0 fully saturated rings. The Morgan fingerprint density at radius 2 is 1.75 bits per heavy atom. The average molecular weight is 382 g/mol. The first-order chi connectivity index (χ1) is 13.5. The van der Waals surface area contributed by atoms with Crippen LogP contribution in [-0.4, -0.2) is 30.3 Å². The van der Waals surface area contributed by atoms with Gasteiger partial charge in [0.15, 0.2) is 11.5 Å². The van der Waals surface area contributed by atoms with E-state index in [4.69, 9.17) is 9.47 Å². The number of halogens is 1. The molecule has 7 nitrogen and oxygen atoms in total. The first-order valence-electron chi connectivity index (χ1n) is 8.31. The zero-order chi connectivity index (χ0) is 20.1. The second kappa shape index (κ2) is 8.26. The number of hydrogen-bond donors (Lipinski definition) is 3. The number of carbonyl (C=O) groups is 1. The fourth-order valence-corrected chi connectivity index (χ4v) is 2.50. The van der Waals surface area contributed by atoms with Crippen LogP contribution in [0.4, 0.5) is 4.39 Å². The fourth-order valence-electron chi connectivity index (χ4n) is 2.50. The van der Waals surface area contributed by atoms with Crippen LogP contribution >= 0.6 is 0 Å². The molecular formula is C20H19FN4O3. The first-order valence-corrected chi connectivity index (χ1v) is 8.31. The van der Waals surface area contributed by atoms with E-state index in [1.165, 1.54) is 19.2 Å². The summed E-state index contributed by atoms with van der Waals surface area (Å²) >= 11 is 0. The average Bonchev–Trinajstić information content (AvgIpc) is 3.22. The topological polar surface area (TPSA) is 88.3 Å². The molecule has 0 atom stereocenters. The van der Waals surface area contributed by atoms with Crippen LogP contribution < -0.4 is 20.3 Å². The van der Waals surface area contributed by atoms with E-state index in [-0.39, 0.29) is 11.5 Å². The van der Waals surface area contributed by atoms with E-state index in [0.717, 1.165) is 5.56 Å². The molecule has 0 bridgehead atoms. The van der Waals surface area contributed by atoms with Gasteiger partial charge in [-0.05, 0) is 48.5 Å². The molecule has 3 rings (SSSR count). The molecule has 8 heteroatoms. The van der Waals surface area contributed by atoms with Crippen molar-refractivity contribution >= 4 is 11.6 Å². The molecule has 0 saturated carbocycles. The van der Waals surface area contributed by atoms with Gasteiger partial charge >= 0.3 is 0 Å². The molecule has 1 amide bonds. The lowest BCUT2D eigenvalue weighted by Gasteiger charge is -2.13. The molecular weight excluding hydrogens is 363 g/mol. The van der Waals surface area contributed by atoms with Crippen LogP contribution in [-0.2, 0) is 0 Å². The van der Waals surface area contributed by atoms with Crippen molar-refractivity contribution in [1.82, 2.24) is 21.0 Å². The van der Waals surface area contributed by atoms with Crippen LogP contribution in [0.3, 0.4) is 0 Å². The molecule has 1 aromatic heterocycles. The molecule has 2 aromatic carbocycles. The summed E-state index contributed by atoms with van der Waals surface area (Å²) in [4.78, 5) is 12.3. The molecule has 0 aliphatic carbocycles. The summed E-state index contributed by atoms with van der Waals surface area (Å²) in [6, 6.07) is 12.7. The van der Waals surface area contributed by atoms with Gasteiger partial charge in [-0.15, -0.1) is 0 Å². The molecule has 1 heterocycles. The lowest BCUT2D eigenvalue weighted by atomic mass is 10.1. The van der Waals surface area contributed by atoms with E-state index in [1.807, 2.05) is 0 Å². The van der Waals surface area contributed by atoms with Gasteiger partial charge in [0.2, 0.25) is 0 Å². The third kappa shape index (κ3) is 4.12. The highest BCUT2D eigenvalue weighted by molar-refractivity contribution is 5.93. The first kappa shape index (κ1) is 19.0. The van der Waals surface area contributed by atoms with E-state index in [1.54, 1.807) is 43.5 Å². The van der Waals surface area contributed by atoms with Crippen molar-refractivity contribution in [2.45, 2.75) is 0 Å². The summed E-state index contributed by atoms with van der Waals surface area (Å²) in [7, 11) is 3.09. The van der Waals surface area contributed by atoms with Crippen LogP contribution in [0.5, 0.6) is 11.5 Å². The molecule has 0 spiro atoms. The van der Waals surface area contributed by atoms with E-state index in [2.05, 4.69) is 27.6 Å². The fraction of sp³-hybridized carbons (Fsp3) is 0.100. The van der Waals surface area contributed by atoms with E-state index in [0.29, 0.717) is 28.5 Å². The quantitative estimate of drug-likeness (QED) is 0.547. The zero-order valence-corrected chi connectivity index (χ0v) is 15.4. The Morgan fingerprint density at radius 1 is 1.04 bits per heavy atom. The predicted octanol–water partition coefficient (Wildman–Crippen LogP) is 3.14. The number of aromatic amines is 1. The van der Waals surface area contributed by atoms with Gasteiger partial charge in [0.1, 0.15) is 11.5 Å². The number of nitrogens with zero attached hydrogens (tertiary/aromatic N) is 1. The maximum Gasteiger partial charge on any atom is 0.287 e. The van der Waals surface area contributed by atoms with Crippen LogP contribution in [0.15, 0.2) is 55.1 Å². The third-order valence-electron chi connectivity index (χ3n) is 4.02. The number of amides is 1. The summed E-state index contributed by atoms with van der Waals surface area (Å²) in [5.41, 5.74) is 7.95. The molecule has 0 aliphatic rings. The maximum absolute atomic E-state index is 13.0. The highest BCUT2D eigenvalue weighted by Gasteiger charge is 2.12. The second-order valence-electron chi connectivity index (χ2n) is 5.80. The number of methoxy groups -OCH3 is 2. The summed E-state index contributed by atoms with van der Waals surface area (Å²) in [6.07, 6.45) is 0. The number of nitrogens with one attached hydrogen (secondary N) is 3. The molecule has 0 radical (unpaired) electrons. The Morgan fingerprint density at radius 3 is 2.43 bits per heavy atom. The van der Waals surface area contributed by atoms with Crippen molar-refractivity contribution in [1.29, 1.82) is 0 Å². The third-order valence-corrected chi connectivity index (χ3v) is 4.02. The highest BCUT2D eigenvalue weighted by Crippen LogP contribution is 2.29. The lowest BCUT2D eigenvalue weighted by molar-refractivity contribution is 0.0937. The molecule has 3 N–H and O–H groups in total. The van der Waals surface area contributed by atoms with E-state index < -0.39 is 5.91 Å². The number of rotatable bonds is 7. The van der Waals surface area contributed by atoms with Gasteiger partial charge in [-0.25, -0.2) is 4.39 Å². The van der Waals surface area contributed by atoms with Crippen molar-refractivity contribution < 1.29 is 18.7 Å². The maximum atomic E-state index is 13.0. The minimum absolute atomic E-state index is 0.243. The molecule has 144 valence electrons. The number of carbonyl (C=O) groups excluding carboxylic acids is 1. The molecule has 0 unspecified atom stereocenters. The Bertz CT molecular complexity index is 999. The zero-order valence-electron chi connectivity index (χ0n) is 15.4. The molecule has 28 heavy (non-hydrogen) atoms. The number of ether oxygens (including phenoxy) is 2. The van der Waals surface area contributed by atoms with Crippen molar-refractivity contribution in [2.24, 2.45) is 0 Å². The molecule has 0 aliphatic heterocycles. The Kier molecular flexibility index (Phi) is 5.59. The summed E-state index contributed by atoms with van der Waals surface area (Å²) in [6.45, 7) is 3.90. The van der Waals surface area contributed by atoms with Crippen molar-refractivity contribution in [3.05, 3.63) is 72.2 Å². The normalized spacial score (nSPS) is 10.2. The number of H-pyrrole nitrogens is 1. The van der Waals surface area contributed by atoms with Crippen molar-refractivity contribution in [3.8, 4) is 22.8 Å². The van der Waals surface area contributed by atoms with Gasteiger partial charge < -0.3 is 9.47 Å². The Hall–Kier alpha value is -3.81. The SMILES string of the molecule is C=C(NNC(=O)c1cc(-c2ccc(F)cc2)n[nH]1)c1ccc(OC)c(OC)c1. The largest absolute Gasteiger partial charge is 0.493 e. The summed E-state index contributed by atoms with van der Waals surface area (Å²) < 4.78 is 23.5. The van der Waals surface area contributed by atoms with E-state index >= 15 is 0 Å². The van der Waals surface area contributed by atoms with Crippen LogP contribution in [0.1, 0.15) is 16.1 Å². The van der Waals surface area contributed by atoms with Gasteiger partial charge in [0.25, 0.3) is 5.91 Å². The Balaban J connectivity index is 1.64. The van der Waals surface area contributed by atoms with E-state index in [9.17, 15) is 9.18 Å². The highest BCUT2D eigenvalue weighted by atomic mass is 19.1. The van der Waals surface area contributed by atoms with Gasteiger partial charge in [0, 0.05) is 11.1 Å². The van der Waals surface area contributed by atoms with Crippen LogP contribution in [0.25, 0.3) is 17.0 Å². The van der Waals surface area contributed by atoms with Gasteiger partial charge in [-0.2, -0.15) is 5.10 Å². The predicted molar refractivity (Wildman–Crippen MR) is 103 cm³/mol. The smallest absolute Gasteiger partial charge is 0.287 e. The number of aromatic nitrogens is 2. The van der Waals surface area contributed by atoms with Crippen molar-refractivity contribution in [3.63, 3.8) is 0 Å². The number of hydrogen-bond acceptors (Lipinski definition) is 5. The van der Waals surface area contributed by atoms with Gasteiger partial charge in [0.05, 0.1) is 25.6 Å². The minimum atomic E-state index is -0.428. The molecule has 3 aromatic rings. The van der Waals surface area contributed by atoms with Crippen molar-refractivity contribution in [2.75, 3.05) is 14.2 Å². The standard InChI is InChI=1S/C20H19FN4O3/c1-12(14-6-9-18(27-2)19(10-14)28-3)22-25-20(26)17-11-16(23-24-17)13-4-7-15(21)8-5-13/h4-11,22H,1H2,2-3H3,(H,23,24)(H,25,26). The second-order valence-corrected chi connectivity index (χ2v) is 5.80. The minimum Gasteiger partial charge on any atom is -0.493 e. The lowest BCUT2D eigenvalue weighted by Crippen LogP contribution is -2.36. The number of benzene rings is 2. The van der Waals surface area contributed by atoms with Gasteiger partial charge in [-0.1, -0.05) is 6.58 Å². The monoisotopic (exact) mass is 382 g/mol.